The molecule has 0 aliphatic rings. The van der Waals surface area contributed by atoms with Crippen molar-refractivity contribution < 1.29 is 0 Å². The molecule has 15 heavy (non-hydrogen) atoms. The fourth-order valence-corrected chi connectivity index (χ4v) is 2.23. The Morgan fingerprint density at radius 2 is 2.27 bits per heavy atom. The Morgan fingerprint density at radius 3 is 2.93 bits per heavy atom. The Hall–Kier alpha value is -1.06. The predicted molar refractivity (Wildman–Crippen MR) is 65.6 cm³/mol. The Balaban J connectivity index is 2.09. The van der Waals surface area contributed by atoms with Gasteiger partial charge >= 0.3 is 0 Å². The van der Waals surface area contributed by atoms with E-state index in [2.05, 4.69) is 34.1 Å². The quantitative estimate of drug-likeness (QED) is 0.819. The van der Waals surface area contributed by atoms with Crippen molar-refractivity contribution in [1.29, 1.82) is 0 Å². The first kappa shape index (κ1) is 10.5. The molecule has 1 atom stereocenters. The summed E-state index contributed by atoms with van der Waals surface area (Å²) in [5.41, 5.74) is 1.27. The number of hydrogen-bond acceptors (Lipinski definition) is 3. The van der Waals surface area contributed by atoms with Gasteiger partial charge in [0.05, 0.1) is 6.04 Å². The van der Waals surface area contributed by atoms with Crippen LogP contribution in [0, 0.1) is 0 Å². The number of thiophene rings is 1. The van der Waals surface area contributed by atoms with Crippen LogP contribution in [-0.4, -0.2) is 4.98 Å². The summed E-state index contributed by atoms with van der Waals surface area (Å²) in [6.45, 7) is 2.10. The lowest BCUT2D eigenvalue weighted by molar-refractivity contribution is 0.880. The van der Waals surface area contributed by atoms with Crippen LogP contribution in [0.1, 0.15) is 18.5 Å². The number of hydrogen-bond donors (Lipinski definition) is 1. The number of anilines is 1. The van der Waals surface area contributed by atoms with Crippen LogP contribution in [-0.2, 0) is 0 Å². The summed E-state index contributed by atoms with van der Waals surface area (Å²) in [5.74, 6) is 0.807. The second-order valence-electron chi connectivity index (χ2n) is 3.27. The van der Waals surface area contributed by atoms with E-state index < -0.39 is 0 Å². The molecule has 0 saturated carbocycles. The van der Waals surface area contributed by atoms with Crippen molar-refractivity contribution in [3.05, 3.63) is 45.7 Å². The minimum atomic E-state index is 0.252. The molecular formula is C11H11ClN2S. The summed E-state index contributed by atoms with van der Waals surface area (Å²) in [4.78, 5) is 4.18. The van der Waals surface area contributed by atoms with Gasteiger partial charge in [-0.15, -0.1) is 0 Å². The topological polar surface area (TPSA) is 24.9 Å². The van der Waals surface area contributed by atoms with Gasteiger partial charge < -0.3 is 5.32 Å². The molecule has 0 fully saturated rings. The van der Waals surface area contributed by atoms with Gasteiger partial charge in [-0.25, -0.2) is 4.98 Å². The van der Waals surface area contributed by atoms with Gasteiger partial charge in [0.1, 0.15) is 11.0 Å². The van der Waals surface area contributed by atoms with E-state index in [0.717, 1.165) is 5.82 Å². The molecule has 0 spiro atoms. The third kappa shape index (κ3) is 2.70. The van der Waals surface area contributed by atoms with E-state index >= 15 is 0 Å². The van der Waals surface area contributed by atoms with Gasteiger partial charge in [-0.05, 0) is 41.4 Å². The zero-order valence-corrected chi connectivity index (χ0v) is 9.85. The van der Waals surface area contributed by atoms with Gasteiger partial charge in [0.15, 0.2) is 0 Å². The maximum atomic E-state index is 5.80. The monoisotopic (exact) mass is 238 g/mol. The number of halogens is 1. The highest BCUT2D eigenvalue weighted by Crippen LogP contribution is 2.20. The lowest BCUT2D eigenvalue weighted by Crippen LogP contribution is -2.06. The van der Waals surface area contributed by atoms with Gasteiger partial charge in [0.25, 0.3) is 0 Å². The molecule has 0 radical (unpaired) electrons. The van der Waals surface area contributed by atoms with E-state index in [1.165, 1.54) is 5.56 Å². The first-order valence-corrected chi connectivity index (χ1v) is 5.99. The second kappa shape index (κ2) is 4.64. The fourth-order valence-electron chi connectivity index (χ4n) is 1.32. The molecule has 0 aliphatic carbocycles. The van der Waals surface area contributed by atoms with Crippen LogP contribution >= 0.6 is 22.9 Å². The summed E-state index contributed by atoms with van der Waals surface area (Å²) in [7, 11) is 0. The molecule has 2 rings (SSSR count). The van der Waals surface area contributed by atoms with E-state index in [9.17, 15) is 0 Å². The Labute approximate surface area is 97.9 Å². The molecule has 1 N–H and O–H groups in total. The number of nitrogens with one attached hydrogen (secondary N) is 1. The average molecular weight is 239 g/mol. The summed E-state index contributed by atoms with van der Waals surface area (Å²) < 4.78 is 0. The lowest BCUT2D eigenvalue weighted by atomic mass is 10.2. The summed E-state index contributed by atoms with van der Waals surface area (Å²) in [6.07, 6.45) is 0. The van der Waals surface area contributed by atoms with Crippen LogP contribution in [0.15, 0.2) is 35.0 Å². The van der Waals surface area contributed by atoms with E-state index in [1.54, 1.807) is 17.4 Å². The summed E-state index contributed by atoms with van der Waals surface area (Å²) >= 11 is 7.50. The van der Waals surface area contributed by atoms with Crippen molar-refractivity contribution >= 4 is 28.8 Å². The molecule has 2 aromatic rings. The average Bonchev–Trinajstić information content (AvgIpc) is 2.70. The molecule has 0 aliphatic heterocycles. The minimum absolute atomic E-state index is 0.252. The third-order valence-corrected chi connectivity index (χ3v) is 3.03. The smallest absolute Gasteiger partial charge is 0.131 e. The Bertz CT molecular complexity index is 428. The number of pyridine rings is 1. The summed E-state index contributed by atoms with van der Waals surface area (Å²) in [6, 6.07) is 7.92. The zero-order chi connectivity index (χ0) is 10.7. The standard InChI is InChI=1S/C11H11ClN2S/c1-8(9-5-6-15-7-9)13-11-4-2-3-10(12)14-11/h2-8H,1H3,(H,13,14). The van der Waals surface area contributed by atoms with Gasteiger partial charge in [-0.2, -0.15) is 11.3 Å². The first-order valence-electron chi connectivity index (χ1n) is 4.67. The Kier molecular flexibility index (Phi) is 3.23. The Morgan fingerprint density at radius 1 is 1.40 bits per heavy atom. The molecule has 2 nitrogen and oxygen atoms in total. The molecule has 4 heteroatoms. The van der Waals surface area contributed by atoms with Crippen LogP contribution in [0.5, 0.6) is 0 Å². The first-order chi connectivity index (χ1) is 7.25. The van der Waals surface area contributed by atoms with Crippen molar-refractivity contribution in [2.24, 2.45) is 0 Å². The summed E-state index contributed by atoms with van der Waals surface area (Å²) in [5, 5.41) is 8.00. The van der Waals surface area contributed by atoms with Gasteiger partial charge in [0, 0.05) is 0 Å². The lowest BCUT2D eigenvalue weighted by Gasteiger charge is -2.12. The zero-order valence-electron chi connectivity index (χ0n) is 8.27. The molecule has 1 unspecified atom stereocenters. The SMILES string of the molecule is CC(Nc1cccc(Cl)n1)c1ccsc1. The maximum Gasteiger partial charge on any atom is 0.131 e. The van der Waals surface area contributed by atoms with Crippen LogP contribution in [0.25, 0.3) is 0 Å². The predicted octanol–water partition coefficient (Wildman–Crippen LogP) is 3.97. The van der Waals surface area contributed by atoms with Crippen molar-refractivity contribution in [2.75, 3.05) is 5.32 Å². The molecule has 0 saturated heterocycles. The van der Waals surface area contributed by atoms with Crippen molar-refractivity contribution in [1.82, 2.24) is 4.98 Å². The highest BCUT2D eigenvalue weighted by molar-refractivity contribution is 7.07. The molecule has 2 aromatic heterocycles. The maximum absolute atomic E-state index is 5.80. The highest BCUT2D eigenvalue weighted by atomic mass is 35.5. The normalized spacial score (nSPS) is 12.4. The van der Waals surface area contributed by atoms with E-state index in [0.29, 0.717) is 5.15 Å². The van der Waals surface area contributed by atoms with Crippen molar-refractivity contribution in [3.8, 4) is 0 Å². The van der Waals surface area contributed by atoms with Gasteiger partial charge in [0.2, 0.25) is 0 Å². The van der Waals surface area contributed by atoms with Crippen LogP contribution in [0.4, 0.5) is 5.82 Å². The van der Waals surface area contributed by atoms with Gasteiger partial charge in [-0.1, -0.05) is 17.7 Å². The molecule has 0 amide bonds. The van der Waals surface area contributed by atoms with Gasteiger partial charge in [-0.3, -0.25) is 0 Å². The van der Waals surface area contributed by atoms with Crippen molar-refractivity contribution in [2.45, 2.75) is 13.0 Å². The van der Waals surface area contributed by atoms with Crippen LogP contribution in [0.2, 0.25) is 5.15 Å². The number of nitrogens with zero attached hydrogens (tertiary/aromatic N) is 1. The second-order valence-corrected chi connectivity index (χ2v) is 4.44. The van der Waals surface area contributed by atoms with E-state index in [4.69, 9.17) is 11.6 Å². The largest absolute Gasteiger partial charge is 0.363 e. The van der Waals surface area contributed by atoms with Crippen molar-refractivity contribution in [3.63, 3.8) is 0 Å². The third-order valence-electron chi connectivity index (χ3n) is 2.12. The van der Waals surface area contributed by atoms with Crippen LogP contribution < -0.4 is 5.32 Å². The fraction of sp³-hybridized carbons (Fsp3) is 0.182. The molecular weight excluding hydrogens is 228 g/mol. The molecule has 0 bridgehead atoms. The molecule has 0 aromatic carbocycles. The highest BCUT2D eigenvalue weighted by Gasteiger charge is 2.05. The van der Waals surface area contributed by atoms with E-state index in [-0.39, 0.29) is 6.04 Å². The molecule has 2 heterocycles. The van der Waals surface area contributed by atoms with E-state index in [1.807, 2.05) is 12.1 Å². The number of rotatable bonds is 3. The van der Waals surface area contributed by atoms with Crippen LogP contribution in [0.3, 0.4) is 0 Å². The number of aromatic nitrogens is 1. The minimum Gasteiger partial charge on any atom is -0.363 e. The molecule has 78 valence electrons.